The summed E-state index contributed by atoms with van der Waals surface area (Å²) < 4.78 is 5.41. The minimum absolute atomic E-state index is 0.158. The molecule has 0 aromatic carbocycles. The molecule has 1 rings (SSSR count). The average molecular weight is 229 g/mol. The number of aliphatic hydroxyl groups excluding tert-OH is 1. The van der Waals surface area contributed by atoms with E-state index in [9.17, 15) is 5.11 Å². The minimum Gasteiger partial charge on any atom is -0.395 e. The van der Waals surface area contributed by atoms with Gasteiger partial charge in [0.15, 0.2) is 0 Å². The fraction of sp³-hybridized carbons (Fsp3) is 1.00. The molecule has 0 saturated heterocycles. The molecule has 0 radical (unpaired) electrons. The fourth-order valence-electron chi connectivity index (χ4n) is 2.46. The Kier molecular flexibility index (Phi) is 5.73. The van der Waals surface area contributed by atoms with Crippen molar-refractivity contribution in [3.63, 3.8) is 0 Å². The SMILES string of the molecule is COC(C)(C)CC(CO)NC1CCCCC1. The molecule has 16 heavy (non-hydrogen) atoms. The molecule has 1 aliphatic carbocycles. The first-order valence-electron chi connectivity index (χ1n) is 6.49. The van der Waals surface area contributed by atoms with Gasteiger partial charge in [-0.3, -0.25) is 0 Å². The van der Waals surface area contributed by atoms with Gasteiger partial charge in [0, 0.05) is 19.2 Å². The lowest BCUT2D eigenvalue weighted by Gasteiger charge is -2.32. The Bertz CT molecular complexity index is 188. The summed E-state index contributed by atoms with van der Waals surface area (Å²) in [5.74, 6) is 0. The van der Waals surface area contributed by atoms with Crippen LogP contribution in [0.3, 0.4) is 0 Å². The van der Waals surface area contributed by atoms with Crippen LogP contribution in [0.25, 0.3) is 0 Å². The quantitative estimate of drug-likeness (QED) is 0.733. The maximum atomic E-state index is 9.40. The van der Waals surface area contributed by atoms with Crippen LogP contribution in [-0.2, 0) is 4.74 Å². The van der Waals surface area contributed by atoms with Crippen LogP contribution in [0.2, 0.25) is 0 Å². The second-order valence-electron chi connectivity index (χ2n) is 5.55. The standard InChI is InChI=1S/C13H27NO2/c1-13(2,16-3)9-12(10-15)14-11-7-5-4-6-8-11/h11-12,14-15H,4-10H2,1-3H3. The second-order valence-corrected chi connectivity index (χ2v) is 5.55. The van der Waals surface area contributed by atoms with Crippen LogP contribution in [-0.4, -0.2) is 36.5 Å². The fourth-order valence-corrected chi connectivity index (χ4v) is 2.46. The third kappa shape index (κ3) is 4.81. The molecular formula is C13H27NO2. The molecular weight excluding hydrogens is 202 g/mol. The first-order valence-corrected chi connectivity index (χ1v) is 6.49. The highest BCUT2D eigenvalue weighted by molar-refractivity contribution is 4.82. The van der Waals surface area contributed by atoms with Gasteiger partial charge in [-0.2, -0.15) is 0 Å². The summed E-state index contributed by atoms with van der Waals surface area (Å²) in [7, 11) is 1.73. The molecule has 0 aromatic rings. The predicted octanol–water partition coefficient (Wildman–Crippen LogP) is 2.08. The van der Waals surface area contributed by atoms with E-state index in [-0.39, 0.29) is 18.2 Å². The third-order valence-electron chi connectivity index (χ3n) is 3.59. The van der Waals surface area contributed by atoms with Gasteiger partial charge in [0.2, 0.25) is 0 Å². The van der Waals surface area contributed by atoms with Crippen molar-refractivity contribution in [3.05, 3.63) is 0 Å². The van der Waals surface area contributed by atoms with Gasteiger partial charge in [-0.25, -0.2) is 0 Å². The predicted molar refractivity (Wildman–Crippen MR) is 66.6 cm³/mol. The van der Waals surface area contributed by atoms with E-state index in [1.807, 2.05) is 0 Å². The first kappa shape index (κ1) is 13.9. The average Bonchev–Trinajstić information content (AvgIpc) is 2.29. The number of methoxy groups -OCH3 is 1. The molecule has 1 unspecified atom stereocenters. The summed E-state index contributed by atoms with van der Waals surface area (Å²) >= 11 is 0. The first-order chi connectivity index (χ1) is 7.57. The summed E-state index contributed by atoms with van der Waals surface area (Å²) in [5, 5.41) is 13.0. The molecule has 0 aromatic heterocycles. The van der Waals surface area contributed by atoms with Crippen LogP contribution >= 0.6 is 0 Å². The molecule has 0 spiro atoms. The third-order valence-corrected chi connectivity index (χ3v) is 3.59. The zero-order valence-electron chi connectivity index (χ0n) is 11.0. The number of nitrogens with one attached hydrogen (secondary N) is 1. The number of hydrogen-bond donors (Lipinski definition) is 2. The van der Waals surface area contributed by atoms with E-state index in [2.05, 4.69) is 19.2 Å². The van der Waals surface area contributed by atoms with Crippen LogP contribution in [0.5, 0.6) is 0 Å². The molecule has 0 aliphatic heterocycles. The zero-order chi connectivity index (χ0) is 12.0. The molecule has 0 bridgehead atoms. The van der Waals surface area contributed by atoms with Gasteiger partial charge in [-0.1, -0.05) is 19.3 Å². The van der Waals surface area contributed by atoms with Crippen molar-refractivity contribution in [2.24, 2.45) is 0 Å². The van der Waals surface area contributed by atoms with Crippen molar-refractivity contribution in [3.8, 4) is 0 Å². The Morgan fingerprint density at radius 2 is 1.94 bits per heavy atom. The van der Waals surface area contributed by atoms with E-state index in [1.165, 1.54) is 32.1 Å². The lowest BCUT2D eigenvalue weighted by molar-refractivity contribution is -0.000120. The molecule has 1 saturated carbocycles. The van der Waals surface area contributed by atoms with Crippen molar-refractivity contribution in [2.45, 2.75) is 70.1 Å². The smallest absolute Gasteiger partial charge is 0.0638 e. The molecule has 0 amide bonds. The summed E-state index contributed by atoms with van der Waals surface area (Å²) in [6, 6.07) is 0.761. The summed E-state index contributed by atoms with van der Waals surface area (Å²) in [4.78, 5) is 0. The van der Waals surface area contributed by atoms with Crippen molar-refractivity contribution in [1.29, 1.82) is 0 Å². The Labute approximate surface area is 99.6 Å². The molecule has 96 valence electrons. The lowest BCUT2D eigenvalue weighted by atomic mass is 9.93. The van der Waals surface area contributed by atoms with Gasteiger partial charge in [0.1, 0.15) is 0 Å². The summed E-state index contributed by atoms with van der Waals surface area (Å²) in [6.07, 6.45) is 7.38. The highest BCUT2D eigenvalue weighted by atomic mass is 16.5. The Morgan fingerprint density at radius 3 is 2.44 bits per heavy atom. The van der Waals surface area contributed by atoms with Crippen molar-refractivity contribution < 1.29 is 9.84 Å². The van der Waals surface area contributed by atoms with E-state index in [0.717, 1.165) is 6.42 Å². The van der Waals surface area contributed by atoms with Crippen molar-refractivity contribution in [1.82, 2.24) is 5.32 Å². The zero-order valence-corrected chi connectivity index (χ0v) is 11.0. The van der Waals surface area contributed by atoms with Crippen LogP contribution in [0.1, 0.15) is 52.4 Å². The number of hydrogen-bond acceptors (Lipinski definition) is 3. The van der Waals surface area contributed by atoms with Crippen LogP contribution in [0.4, 0.5) is 0 Å². The van der Waals surface area contributed by atoms with Gasteiger partial charge >= 0.3 is 0 Å². The van der Waals surface area contributed by atoms with E-state index < -0.39 is 0 Å². The molecule has 2 N–H and O–H groups in total. The van der Waals surface area contributed by atoms with Crippen molar-refractivity contribution in [2.75, 3.05) is 13.7 Å². The lowest BCUT2D eigenvalue weighted by Crippen LogP contribution is -2.45. The molecule has 3 nitrogen and oxygen atoms in total. The normalized spacial score (nSPS) is 21.0. The Balaban J connectivity index is 2.35. The molecule has 1 aliphatic rings. The highest BCUT2D eigenvalue weighted by Crippen LogP contribution is 2.20. The summed E-state index contributed by atoms with van der Waals surface area (Å²) in [5.41, 5.74) is -0.158. The van der Waals surface area contributed by atoms with Gasteiger partial charge in [-0.05, 0) is 33.1 Å². The largest absolute Gasteiger partial charge is 0.395 e. The van der Waals surface area contributed by atoms with Crippen LogP contribution in [0, 0.1) is 0 Å². The second kappa shape index (κ2) is 6.58. The van der Waals surface area contributed by atoms with Crippen LogP contribution in [0.15, 0.2) is 0 Å². The van der Waals surface area contributed by atoms with E-state index in [0.29, 0.717) is 6.04 Å². The Morgan fingerprint density at radius 1 is 1.31 bits per heavy atom. The van der Waals surface area contributed by atoms with E-state index in [4.69, 9.17) is 4.74 Å². The van der Waals surface area contributed by atoms with Gasteiger partial charge in [-0.15, -0.1) is 0 Å². The number of rotatable bonds is 6. The van der Waals surface area contributed by atoms with E-state index in [1.54, 1.807) is 7.11 Å². The maximum Gasteiger partial charge on any atom is 0.0638 e. The van der Waals surface area contributed by atoms with Gasteiger partial charge < -0.3 is 15.2 Å². The van der Waals surface area contributed by atoms with Crippen LogP contribution < -0.4 is 5.32 Å². The number of aliphatic hydroxyl groups is 1. The number of ether oxygens (including phenoxy) is 1. The molecule has 1 atom stereocenters. The monoisotopic (exact) mass is 229 g/mol. The molecule has 0 heterocycles. The molecule has 3 heteroatoms. The molecule has 1 fully saturated rings. The van der Waals surface area contributed by atoms with Gasteiger partial charge in [0.05, 0.1) is 12.2 Å². The van der Waals surface area contributed by atoms with E-state index >= 15 is 0 Å². The topological polar surface area (TPSA) is 41.5 Å². The Hall–Kier alpha value is -0.120. The maximum absolute atomic E-state index is 9.40. The minimum atomic E-state index is -0.158. The van der Waals surface area contributed by atoms with Gasteiger partial charge in [0.25, 0.3) is 0 Å². The summed E-state index contributed by atoms with van der Waals surface area (Å²) in [6.45, 7) is 4.33. The highest BCUT2D eigenvalue weighted by Gasteiger charge is 2.24. The van der Waals surface area contributed by atoms with Crippen molar-refractivity contribution >= 4 is 0 Å².